The van der Waals surface area contributed by atoms with E-state index in [2.05, 4.69) is 0 Å². The zero-order valence-electron chi connectivity index (χ0n) is 27.5. The lowest BCUT2D eigenvalue weighted by Crippen LogP contribution is -2.37. The molecule has 5 aromatic carbocycles. The van der Waals surface area contributed by atoms with Gasteiger partial charge in [-0.05, 0) is 42.3 Å². The third-order valence-corrected chi connectivity index (χ3v) is 8.62. The quantitative estimate of drug-likeness (QED) is 0.0391. The molecule has 0 spiro atoms. The number of anilines is 1. The minimum atomic E-state index is -2.47. The molecule has 0 bridgehead atoms. The lowest BCUT2D eigenvalue weighted by Gasteiger charge is -2.27. The molecule has 0 N–H and O–H groups in total. The van der Waals surface area contributed by atoms with Crippen molar-refractivity contribution in [3.8, 4) is 5.75 Å². The summed E-state index contributed by atoms with van der Waals surface area (Å²) in [5.74, 6) is -25.5. The second-order valence-corrected chi connectivity index (χ2v) is 12.5. The van der Waals surface area contributed by atoms with Crippen molar-refractivity contribution in [2.45, 2.75) is 24.7 Å². The number of nitrogens with zero attached hydrogens (tertiary/aromatic N) is 2. The summed E-state index contributed by atoms with van der Waals surface area (Å²) in [6.45, 7) is -2.70. The van der Waals surface area contributed by atoms with Gasteiger partial charge in [-0.15, -0.1) is 0 Å². The first-order valence-corrected chi connectivity index (χ1v) is 16.2. The van der Waals surface area contributed by atoms with Crippen LogP contribution in [0.2, 0.25) is 0 Å². The van der Waals surface area contributed by atoms with Gasteiger partial charge in [-0.1, -0.05) is 60.7 Å². The second kappa shape index (κ2) is 17.1. The van der Waals surface area contributed by atoms with Crippen molar-refractivity contribution in [2.24, 2.45) is 0 Å². The number of benzene rings is 5. The Morgan fingerprint density at radius 2 is 1.09 bits per heavy atom. The molecule has 0 aliphatic rings. The Bertz CT molecular complexity index is 2140. The second-order valence-electron chi connectivity index (χ2n) is 11.3. The molecule has 0 saturated carbocycles. The van der Waals surface area contributed by atoms with Crippen LogP contribution in [0.15, 0.2) is 83.8 Å². The summed E-state index contributed by atoms with van der Waals surface area (Å²) in [6.07, 6.45) is 0. The van der Waals surface area contributed by atoms with Crippen LogP contribution in [0.1, 0.15) is 27.0 Å². The number of carbonyl (C=O) groups is 2. The first-order valence-electron chi connectivity index (χ1n) is 15.4. The summed E-state index contributed by atoms with van der Waals surface area (Å²) in [5.41, 5.74) is -0.781. The third-order valence-electron chi connectivity index (χ3n) is 7.64. The predicted octanol–water partition coefficient (Wildman–Crippen LogP) is 9.19. The van der Waals surface area contributed by atoms with Gasteiger partial charge >= 0.3 is 5.97 Å². The largest absolute Gasteiger partial charge is 0.488 e. The molecule has 0 heterocycles. The molecule has 54 heavy (non-hydrogen) atoms. The van der Waals surface area contributed by atoms with Gasteiger partial charge in [0.05, 0.1) is 13.1 Å². The molecule has 5 aromatic rings. The molecule has 0 aliphatic carbocycles. The molecule has 6 nitrogen and oxygen atoms in total. The number of esters is 1. The standard InChI is InChI=1S/C37H24F10N2O4S/c1-48(54-36-34(46)32(44)31(43)33(45)35(36)47)16-25(50)49(15-23-26(38)28(40)30(42)29(41)27(23)39)21-12-13-22(37(51)53-18-20-10-6-3-7-11-20)24(14-21)52-17-19-8-4-2-5-9-19/h2-14H,15-18H2,1H3. The number of halogens is 10. The molecule has 0 aliphatic heterocycles. The maximum absolute atomic E-state index is 14.9. The Labute approximate surface area is 304 Å². The van der Waals surface area contributed by atoms with E-state index in [0.29, 0.717) is 20.3 Å². The lowest BCUT2D eigenvalue weighted by atomic mass is 10.1. The number of hydrogen-bond acceptors (Lipinski definition) is 6. The van der Waals surface area contributed by atoms with Crippen LogP contribution in [-0.2, 0) is 29.3 Å². The van der Waals surface area contributed by atoms with Crippen LogP contribution in [0.3, 0.4) is 0 Å². The topological polar surface area (TPSA) is 59.1 Å². The van der Waals surface area contributed by atoms with Crippen molar-refractivity contribution in [1.29, 1.82) is 0 Å². The fourth-order valence-corrected chi connectivity index (χ4v) is 5.73. The van der Waals surface area contributed by atoms with E-state index >= 15 is 0 Å². The van der Waals surface area contributed by atoms with E-state index < -0.39 is 93.6 Å². The average molecular weight is 783 g/mol. The van der Waals surface area contributed by atoms with Gasteiger partial charge in [0.25, 0.3) is 0 Å². The van der Waals surface area contributed by atoms with Crippen LogP contribution in [0, 0.1) is 58.2 Å². The number of ether oxygens (including phenoxy) is 2. The average Bonchev–Trinajstić information content (AvgIpc) is 3.18. The van der Waals surface area contributed by atoms with Crippen LogP contribution < -0.4 is 9.64 Å². The predicted molar refractivity (Wildman–Crippen MR) is 175 cm³/mol. The fourth-order valence-electron chi connectivity index (χ4n) is 4.90. The van der Waals surface area contributed by atoms with E-state index in [-0.39, 0.29) is 42.2 Å². The summed E-state index contributed by atoms with van der Waals surface area (Å²) in [5, 5.41) is 0. The van der Waals surface area contributed by atoms with Crippen LogP contribution in [-0.4, -0.2) is 29.8 Å². The summed E-state index contributed by atoms with van der Waals surface area (Å²) >= 11 is -0.101. The monoisotopic (exact) mass is 782 g/mol. The van der Waals surface area contributed by atoms with Gasteiger partial charge in [-0.3, -0.25) is 4.79 Å². The minimum absolute atomic E-state index is 0.101. The molecular weight excluding hydrogens is 758 g/mol. The van der Waals surface area contributed by atoms with E-state index in [4.69, 9.17) is 9.47 Å². The van der Waals surface area contributed by atoms with Crippen LogP contribution >= 0.6 is 11.9 Å². The van der Waals surface area contributed by atoms with Gasteiger partial charge < -0.3 is 14.4 Å². The van der Waals surface area contributed by atoms with E-state index in [9.17, 15) is 53.5 Å². The van der Waals surface area contributed by atoms with Crippen molar-refractivity contribution in [1.82, 2.24) is 4.31 Å². The van der Waals surface area contributed by atoms with E-state index in [1.807, 2.05) is 0 Å². The highest BCUT2D eigenvalue weighted by Gasteiger charge is 2.31. The number of amides is 1. The Kier molecular flexibility index (Phi) is 12.5. The smallest absolute Gasteiger partial charge is 0.342 e. The van der Waals surface area contributed by atoms with Crippen molar-refractivity contribution in [3.05, 3.63) is 159 Å². The number of hydrogen-bond donors (Lipinski definition) is 0. The molecule has 5 rings (SSSR count). The van der Waals surface area contributed by atoms with Gasteiger partial charge in [0.1, 0.15) is 29.4 Å². The summed E-state index contributed by atoms with van der Waals surface area (Å²) < 4.78 is 154. The van der Waals surface area contributed by atoms with E-state index in [1.54, 1.807) is 60.7 Å². The summed E-state index contributed by atoms with van der Waals surface area (Å²) in [7, 11) is 0.984. The number of rotatable bonds is 13. The van der Waals surface area contributed by atoms with E-state index in [0.717, 1.165) is 25.2 Å². The van der Waals surface area contributed by atoms with Crippen LogP contribution in [0.5, 0.6) is 5.75 Å². The zero-order valence-corrected chi connectivity index (χ0v) is 28.4. The number of likely N-dealkylation sites (N-methyl/N-ethyl adjacent to an activating group) is 1. The van der Waals surface area contributed by atoms with Gasteiger partial charge in [0, 0.05) is 17.3 Å². The SMILES string of the molecule is CN(CC(=O)N(Cc1c(F)c(F)c(F)c(F)c1F)c1ccc(C(=O)OCc2ccccc2)c(OCc2ccccc2)c1)Sc1c(F)c(F)c(F)c(F)c1F. The molecule has 17 heteroatoms. The molecule has 0 saturated heterocycles. The lowest BCUT2D eigenvalue weighted by molar-refractivity contribution is -0.118. The molecule has 0 atom stereocenters. The van der Waals surface area contributed by atoms with E-state index in [1.165, 1.54) is 0 Å². The minimum Gasteiger partial charge on any atom is -0.488 e. The molecule has 0 aromatic heterocycles. The maximum atomic E-state index is 14.9. The highest BCUT2D eigenvalue weighted by Crippen LogP contribution is 2.34. The van der Waals surface area contributed by atoms with Gasteiger partial charge in [-0.25, -0.2) is 53.0 Å². The highest BCUT2D eigenvalue weighted by molar-refractivity contribution is 7.97. The van der Waals surface area contributed by atoms with Crippen molar-refractivity contribution >= 4 is 29.5 Å². The summed E-state index contributed by atoms with van der Waals surface area (Å²) in [6, 6.07) is 20.2. The van der Waals surface area contributed by atoms with Gasteiger partial charge in [0.2, 0.25) is 17.5 Å². The molecule has 0 radical (unpaired) electrons. The van der Waals surface area contributed by atoms with Crippen molar-refractivity contribution < 1.29 is 63.0 Å². The molecule has 0 unspecified atom stereocenters. The van der Waals surface area contributed by atoms with Gasteiger partial charge in [0.15, 0.2) is 46.5 Å². The summed E-state index contributed by atoms with van der Waals surface area (Å²) in [4.78, 5) is 26.1. The molecular formula is C37H24F10N2O4S. The van der Waals surface area contributed by atoms with Gasteiger partial charge in [-0.2, -0.15) is 0 Å². The molecule has 282 valence electrons. The Hall–Kier alpha value is -5.55. The highest BCUT2D eigenvalue weighted by atomic mass is 32.2. The normalized spacial score (nSPS) is 11.2. The fraction of sp³-hybridized carbons (Fsp3) is 0.135. The molecule has 1 amide bonds. The third kappa shape index (κ3) is 8.63. The zero-order chi connectivity index (χ0) is 39.3. The van der Waals surface area contributed by atoms with Crippen molar-refractivity contribution in [2.75, 3.05) is 18.5 Å². The first kappa shape index (κ1) is 39.7. The van der Waals surface area contributed by atoms with Crippen LogP contribution in [0.4, 0.5) is 49.6 Å². The number of carbonyl (C=O) groups excluding carboxylic acids is 2. The Morgan fingerprint density at radius 1 is 0.611 bits per heavy atom. The Morgan fingerprint density at radius 3 is 1.63 bits per heavy atom. The molecule has 0 fully saturated rings. The Balaban J connectivity index is 1.54. The van der Waals surface area contributed by atoms with Crippen molar-refractivity contribution in [3.63, 3.8) is 0 Å². The maximum Gasteiger partial charge on any atom is 0.342 e. The van der Waals surface area contributed by atoms with Crippen LogP contribution in [0.25, 0.3) is 0 Å². The first-order chi connectivity index (χ1) is 25.7.